The lowest BCUT2D eigenvalue weighted by Gasteiger charge is -2.26. The van der Waals surface area contributed by atoms with Crippen LogP contribution in [0.15, 0.2) is 259 Å². The lowest BCUT2D eigenvalue weighted by Crippen LogP contribution is -2.09. The zero-order chi connectivity index (χ0) is 44.3. The number of furan rings is 1. The molecular formula is C64H42N2O. The molecule has 0 amide bonds. The Kier molecular flexibility index (Phi) is 9.17. The summed E-state index contributed by atoms with van der Waals surface area (Å²) in [6.45, 7) is 0. The Labute approximate surface area is 388 Å². The number of rotatable bonds is 8. The maximum absolute atomic E-state index is 6.21. The predicted molar refractivity (Wildman–Crippen MR) is 282 cm³/mol. The first-order valence-electron chi connectivity index (χ1n) is 22.9. The van der Waals surface area contributed by atoms with Crippen LogP contribution in [0.5, 0.6) is 0 Å². The van der Waals surface area contributed by atoms with Crippen molar-refractivity contribution in [2.75, 3.05) is 4.90 Å². The molecule has 0 saturated carbocycles. The van der Waals surface area contributed by atoms with Gasteiger partial charge in [0.15, 0.2) is 0 Å². The van der Waals surface area contributed by atoms with Crippen LogP contribution in [0.4, 0.5) is 17.1 Å². The first kappa shape index (κ1) is 38.5. The maximum Gasteiger partial charge on any atom is 0.136 e. The standard InChI is InChI=1S/C64H42N2O/c1-2-13-49-42-50(29-26-43(49)12-1)46-32-38-52(39-33-46)65(51-36-30-45(31-37-51)44-24-27-48(28-25-44)55-18-11-23-63-64(55)58-17-6-10-22-62(58)67-63)53-40-34-47(35-41-53)54-14-3-7-19-59(54)66-60-20-8-4-15-56(60)57-16-5-9-21-61(57)66/h1-42H. The minimum absolute atomic E-state index is 0.907. The molecular weight excluding hydrogens is 813 g/mol. The fourth-order valence-electron chi connectivity index (χ4n) is 10.2. The number of anilines is 3. The summed E-state index contributed by atoms with van der Waals surface area (Å²) < 4.78 is 8.62. The summed E-state index contributed by atoms with van der Waals surface area (Å²) in [6.07, 6.45) is 0. The van der Waals surface area contributed by atoms with Gasteiger partial charge < -0.3 is 13.9 Å². The van der Waals surface area contributed by atoms with Crippen molar-refractivity contribution in [1.82, 2.24) is 4.57 Å². The van der Waals surface area contributed by atoms with Crippen LogP contribution in [0.2, 0.25) is 0 Å². The summed E-state index contributed by atoms with van der Waals surface area (Å²) in [6, 6.07) is 91.9. The zero-order valence-corrected chi connectivity index (χ0v) is 36.6. The molecule has 0 atom stereocenters. The van der Waals surface area contributed by atoms with Crippen LogP contribution in [0.25, 0.3) is 105 Å². The smallest absolute Gasteiger partial charge is 0.136 e. The van der Waals surface area contributed by atoms with Gasteiger partial charge in [-0.15, -0.1) is 0 Å². The summed E-state index contributed by atoms with van der Waals surface area (Å²) in [5, 5.41) is 7.29. The Morgan fingerprint density at radius 1 is 0.299 bits per heavy atom. The monoisotopic (exact) mass is 854 g/mol. The second kappa shape index (κ2) is 16.0. The first-order chi connectivity index (χ1) is 33.2. The van der Waals surface area contributed by atoms with Crippen molar-refractivity contribution in [2.45, 2.75) is 0 Å². The molecule has 0 spiro atoms. The number of hydrogen-bond donors (Lipinski definition) is 0. The van der Waals surface area contributed by atoms with Crippen molar-refractivity contribution in [2.24, 2.45) is 0 Å². The van der Waals surface area contributed by atoms with Gasteiger partial charge in [0.25, 0.3) is 0 Å². The van der Waals surface area contributed by atoms with Gasteiger partial charge in [0.05, 0.1) is 16.7 Å². The molecule has 0 saturated heterocycles. The van der Waals surface area contributed by atoms with E-state index in [1.807, 2.05) is 12.1 Å². The normalized spacial score (nSPS) is 11.6. The van der Waals surface area contributed by atoms with Gasteiger partial charge in [0, 0.05) is 44.2 Å². The molecule has 0 fully saturated rings. The highest BCUT2D eigenvalue weighted by atomic mass is 16.3. The third-order valence-electron chi connectivity index (χ3n) is 13.4. The number of fused-ring (bicyclic) bond motifs is 7. The van der Waals surface area contributed by atoms with Crippen LogP contribution >= 0.6 is 0 Å². The molecule has 0 aliphatic heterocycles. The second-order valence-corrected chi connectivity index (χ2v) is 17.3. The molecule has 67 heavy (non-hydrogen) atoms. The van der Waals surface area contributed by atoms with E-state index >= 15 is 0 Å². The zero-order valence-electron chi connectivity index (χ0n) is 36.6. The fraction of sp³-hybridized carbons (Fsp3) is 0. The molecule has 11 aromatic carbocycles. The molecule has 0 radical (unpaired) electrons. The minimum Gasteiger partial charge on any atom is -0.456 e. The fourth-order valence-corrected chi connectivity index (χ4v) is 10.2. The van der Waals surface area contributed by atoms with Gasteiger partial charge in [-0.25, -0.2) is 0 Å². The molecule has 2 heterocycles. The number of para-hydroxylation sites is 4. The van der Waals surface area contributed by atoms with Crippen LogP contribution in [0, 0.1) is 0 Å². The molecule has 0 unspecified atom stereocenters. The Morgan fingerprint density at radius 3 is 1.42 bits per heavy atom. The van der Waals surface area contributed by atoms with Gasteiger partial charge in [-0.2, -0.15) is 0 Å². The maximum atomic E-state index is 6.21. The first-order valence-corrected chi connectivity index (χ1v) is 22.9. The van der Waals surface area contributed by atoms with Gasteiger partial charge in [-0.1, -0.05) is 182 Å². The number of benzene rings is 11. The molecule has 314 valence electrons. The van der Waals surface area contributed by atoms with Gasteiger partial charge in [0.1, 0.15) is 11.2 Å². The van der Waals surface area contributed by atoms with E-state index < -0.39 is 0 Å². The van der Waals surface area contributed by atoms with E-state index in [1.54, 1.807) is 0 Å². The number of aromatic nitrogens is 1. The Bertz CT molecular complexity index is 3900. The van der Waals surface area contributed by atoms with E-state index in [9.17, 15) is 0 Å². The summed E-state index contributed by atoms with van der Waals surface area (Å²) in [7, 11) is 0. The molecule has 3 nitrogen and oxygen atoms in total. The summed E-state index contributed by atoms with van der Waals surface area (Å²) in [4.78, 5) is 2.36. The Balaban J connectivity index is 0.864. The molecule has 0 aliphatic carbocycles. The van der Waals surface area contributed by atoms with E-state index in [1.165, 1.54) is 54.8 Å². The van der Waals surface area contributed by atoms with E-state index in [0.717, 1.165) is 66.9 Å². The summed E-state index contributed by atoms with van der Waals surface area (Å²) in [5.74, 6) is 0. The lowest BCUT2D eigenvalue weighted by molar-refractivity contribution is 0.669. The Hall–Kier alpha value is -8.92. The average molecular weight is 855 g/mol. The molecule has 13 aromatic rings. The van der Waals surface area contributed by atoms with Crippen molar-refractivity contribution >= 4 is 71.6 Å². The highest BCUT2D eigenvalue weighted by molar-refractivity contribution is 6.12. The molecule has 2 aromatic heterocycles. The van der Waals surface area contributed by atoms with E-state index in [-0.39, 0.29) is 0 Å². The molecule has 3 heteroatoms. The molecule has 13 rings (SSSR count). The topological polar surface area (TPSA) is 21.3 Å². The largest absolute Gasteiger partial charge is 0.456 e. The molecule has 0 bridgehead atoms. The third kappa shape index (κ3) is 6.67. The quantitative estimate of drug-likeness (QED) is 0.152. The van der Waals surface area contributed by atoms with Crippen LogP contribution in [-0.2, 0) is 0 Å². The number of nitrogens with zero attached hydrogens (tertiary/aromatic N) is 2. The van der Waals surface area contributed by atoms with Gasteiger partial charge in [-0.3, -0.25) is 0 Å². The van der Waals surface area contributed by atoms with E-state index in [4.69, 9.17) is 4.42 Å². The highest BCUT2D eigenvalue weighted by Crippen LogP contribution is 2.41. The SMILES string of the molecule is c1ccc(-n2c3ccccc3c3ccccc32)c(-c2ccc(N(c3ccc(-c4ccc(-c5cccc6oc7ccccc7c56)cc4)cc3)c3ccc(-c4ccc5ccccc5c4)cc3)cc2)c1. The third-order valence-corrected chi connectivity index (χ3v) is 13.4. The molecule has 0 N–H and O–H groups in total. The lowest BCUT2D eigenvalue weighted by atomic mass is 9.97. The van der Waals surface area contributed by atoms with Crippen LogP contribution < -0.4 is 4.90 Å². The van der Waals surface area contributed by atoms with Crippen molar-refractivity contribution in [3.63, 3.8) is 0 Å². The predicted octanol–water partition coefficient (Wildman–Crippen LogP) is 18.0. The average Bonchev–Trinajstić information content (AvgIpc) is 3.95. The van der Waals surface area contributed by atoms with Crippen molar-refractivity contribution in [3.8, 4) is 50.2 Å². The van der Waals surface area contributed by atoms with E-state index in [2.05, 4.69) is 252 Å². The van der Waals surface area contributed by atoms with Crippen LogP contribution in [0.3, 0.4) is 0 Å². The summed E-state index contributed by atoms with van der Waals surface area (Å²) >= 11 is 0. The van der Waals surface area contributed by atoms with Crippen LogP contribution in [-0.4, -0.2) is 4.57 Å². The van der Waals surface area contributed by atoms with E-state index in [0.29, 0.717) is 0 Å². The van der Waals surface area contributed by atoms with Crippen molar-refractivity contribution in [3.05, 3.63) is 255 Å². The number of hydrogen-bond acceptors (Lipinski definition) is 2. The Morgan fingerprint density at radius 2 is 0.746 bits per heavy atom. The molecule has 0 aliphatic rings. The van der Waals surface area contributed by atoms with Gasteiger partial charge in [-0.05, 0) is 123 Å². The van der Waals surface area contributed by atoms with Crippen LogP contribution in [0.1, 0.15) is 0 Å². The minimum atomic E-state index is 0.907. The summed E-state index contributed by atoms with van der Waals surface area (Å²) in [5.41, 5.74) is 18.0. The van der Waals surface area contributed by atoms with Gasteiger partial charge >= 0.3 is 0 Å². The van der Waals surface area contributed by atoms with Gasteiger partial charge in [0.2, 0.25) is 0 Å². The highest BCUT2D eigenvalue weighted by Gasteiger charge is 2.18. The van der Waals surface area contributed by atoms with Crippen molar-refractivity contribution in [1.29, 1.82) is 0 Å². The second-order valence-electron chi connectivity index (χ2n) is 17.3. The van der Waals surface area contributed by atoms with Crippen molar-refractivity contribution < 1.29 is 4.42 Å².